The number of para-hydroxylation sites is 1. The van der Waals surface area contributed by atoms with Crippen LogP contribution < -0.4 is 10.1 Å². The van der Waals surface area contributed by atoms with Crippen molar-refractivity contribution in [2.45, 2.75) is 6.10 Å². The average Bonchev–Trinajstić information content (AvgIpc) is 2.52. The number of rotatable bonds is 5. The molecule has 0 aliphatic rings. The van der Waals surface area contributed by atoms with Crippen LogP contribution in [0.4, 0.5) is 5.69 Å². The van der Waals surface area contributed by atoms with Crippen molar-refractivity contribution in [3.8, 4) is 11.8 Å². The fourth-order valence-corrected chi connectivity index (χ4v) is 2.42. The van der Waals surface area contributed by atoms with Gasteiger partial charge in [0.1, 0.15) is 11.8 Å². The van der Waals surface area contributed by atoms with Crippen molar-refractivity contribution in [3.63, 3.8) is 0 Å². The number of ether oxygens (including phenoxy) is 1. The van der Waals surface area contributed by atoms with E-state index < -0.39 is 6.10 Å². The monoisotopic (exact) mass is 346 g/mol. The summed E-state index contributed by atoms with van der Waals surface area (Å²) in [6.07, 6.45) is -0.682. The number of aliphatic hydroxyl groups is 1. The maximum atomic E-state index is 10.2. The van der Waals surface area contributed by atoms with Crippen LogP contribution in [0.2, 0.25) is 0 Å². The molecule has 1 atom stereocenters. The predicted molar refractivity (Wildman–Crippen MR) is 85.3 cm³/mol. The van der Waals surface area contributed by atoms with Gasteiger partial charge in [0.05, 0.1) is 24.5 Å². The molecule has 5 heteroatoms. The minimum absolute atomic E-state index is 0.283. The second kappa shape index (κ2) is 7.11. The second-order valence-electron chi connectivity index (χ2n) is 4.45. The lowest BCUT2D eigenvalue weighted by Gasteiger charge is -2.16. The van der Waals surface area contributed by atoms with E-state index >= 15 is 0 Å². The number of nitrogens with zero attached hydrogens (tertiary/aromatic N) is 1. The Labute approximate surface area is 132 Å². The lowest BCUT2D eigenvalue weighted by Crippen LogP contribution is -2.13. The number of anilines is 1. The van der Waals surface area contributed by atoms with Gasteiger partial charge in [0.25, 0.3) is 0 Å². The SMILES string of the molecule is COc1cccc(C#N)c1NCC(O)c1cccc(Br)c1. The van der Waals surface area contributed by atoms with Gasteiger partial charge in [-0.1, -0.05) is 34.1 Å². The lowest BCUT2D eigenvalue weighted by atomic mass is 10.1. The largest absolute Gasteiger partial charge is 0.495 e. The molecule has 0 heterocycles. The number of hydrogen-bond acceptors (Lipinski definition) is 4. The fraction of sp³-hybridized carbons (Fsp3) is 0.188. The topological polar surface area (TPSA) is 65.3 Å². The lowest BCUT2D eigenvalue weighted by molar-refractivity contribution is 0.191. The van der Waals surface area contributed by atoms with Crippen molar-refractivity contribution in [1.82, 2.24) is 0 Å². The van der Waals surface area contributed by atoms with Gasteiger partial charge in [0.15, 0.2) is 0 Å². The molecule has 0 radical (unpaired) electrons. The van der Waals surface area contributed by atoms with Gasteiger partial charge in [-0.05, 0) is 29.8 Å². The third kappa shape index (κ3) is 3.75. The molecule has 0 spiro atoms. The molecule has 1 unspecified atom stereocenters. The summed E-state index contributed by atoms with van der Waals surface area (Å²) in [5, 5.41) is 22.5. The summed E-state index contributed by atoms with van der Waals surface area (Å²) in [4.78, 5) is 0. The zero-order valence-corrected chi connectivity index (χ0v) is 13.1. The molecule has 108 valence electrons. The zero-order valence-electron chi connectivity index (χ0n) is 11.5. The molecule has 2 N–H and O–H groups in total. The minimum Gasteiger partial charge on any atom is -0.495 e. The highest BCUT2D eigenvalue weighted by Gasteiger charge is 2.12. The van der Waals surface area contributed by atoms with E-state index in [1.54, 1.807) is 25.3 Å². The van der Waals surface area contributed by atoms with Gasteiger partial charge in [-0.3, -0.25) is 0 Å². The second-order valence-corrected chi connectivity index (χ2v) is 5.36. The first-order valence-electron chi connectivity index (χ1n) is 6.40. The summed E-state index contributed by atoms with van der Waals surface area (Å²) in [7, 11) is 1.55. The van der Waals surface area contributed by atoms with Crippen molar-refractivity contribution < 1.29 is 9.84 Å². The number of methoxy groups -OCH3 is 1. The van der Waals surface area contributed by atoms with Gasteiger partial charge < -0.3 is 15.2 Å². The molecule has 0 saturated heterocycles. The smallest absolute Gasteiger partial charge is 0.143 e. The summed E-state index contributed by atoms with van der Waals surface area (Å²) in [5.74, 6) is 0.579. The van der Waals surface area contributed by atoms with Crippen LogP contribution in [0.1, 0.15) is 17.2 Å². The highest BCUT2D eigenvalue weighted by atomic mass is 79.9. The van der Waals surface area contributed by atoms with Crippen molar-refractivity contribution in [2.24, 2.45) is 0 Å². The highest BCUT2D eigenvalue weighted by molar-refractivity contribution is 9.10. The number of halogens is 1. The summed E-state index contributed by atoms with van der Waals surface area (Å²) >= 11 is 3.38. The molecule has 2 rings (SSSR count). The van der Waals surface area contributed by atoms with E-state index in [9.17, 15) is 5.11 Å². The molecule has 4 nitrogen and oxygen atoms in total. The molecule has 0 amide bonds. The first-order chi connectivity index (χ1) is 10.2. The molecule has 0 aliphatic carbocycles. The molecule has 0 fully saturated rings. The Bertz CT molecular complexity index is 668. The van der Waals surface area contributed by atoms with Crippen LogP contribution in [0.5, 0.6) is 5.75 Å². The molecule has 0 saturated carbocycles. The third-order valence-electron chi connectivity index (χ3n) is 3.07. The Kier molecular flexibility index (Phi) is 5.20. The quantitative estimate of drug-likeness (QED) is 0.869. The van der Waals surface area contributed by atoms with E-state index in [0.29, 0.717) is 17.0 Å². The molecule has 0 aromatic heterocycles. The number of benzene rings is 2. The van der Waals surface area contributed by atoms with Crippen molar-refractivity contribution in [2.75, 3.05) is 19.0 Å². The van der Waals surface area contributed by atoms with Crippen molar-refractivity contribution >= 4 is 21.6 Å². The van der Waals surface area contributed by atoms with Crippen LogP contribution in [0, 0.1) is 11.3 Å². The van der Waals surface area contributed by atoms with Crippen LogP contribution in [-0.2, 0) is 0 Å². The van der Waals surface area contributed by atoms with Gasteiger partial charge >= 0.3 is 0 Å². The van der Waals surface area contributed by atoms with Crippen LogP contribution in [0.25, 0.3) is 0 Å². The van der Waals surface area contributed by atoms with Gasteiger partial charge in [-0.25, -0.2) is 0 Å². The van der Waals surface area contributed by atoms with E-state index in [2.05, 4.69) is 27.3 Å². The molecule has 0 bridgehead atoms. The number of aliphatic hydroxyl groups excluding tert-OH is 1. The summed E-state index contributed by atoms with van der Waals surface area (Å²) < 4.78 is 6.15. The molecule has 2 aromatic carbocycles. The normalized spacial score (nSPS) is 11.5. The maximum Gasteiger partial charge on any atom is 0.143 e. The molecule has 0 aliphatic heterocycles. The Hall–Kier alpha value is -2.03. The van der Waals surface area contributed by atoms with Gasteiger partial charge in [-0.2, -0.15) is 5.26 Å². The van der Waals surface area contributed by atoms with Crippen LogP contribution in [0.3, 0.4) is 0 Å². The Morgan fingerprint density at radius 2 is 2.10 bits per heavy atom. The first kappa shape index (κ1) is 15.4. The zero-order chi connectivity index (χ0) is 15.2. The molecular formula is C16H15BrN2O2. The van der Waals surface area contributed by atoms with E-state index in [-0.39, 0.29) is 6.54 Å². The Morgan fingerprint density at radius 3 is 2.76 bits per heavy atom. The standard InChI is InChI=1S/C16H15BrN2O2/c1-21-15-7-3-5-12(9-18)16(15)19-10-14(20)11-4-2-6-13(17)8-11/h2-8,14,19-20H,10H2,1H3. The summed E-state index contributed by atoms with van der Waals surface area (Å²) in [5.41, 5.74) is 1.87. The van der Waals surface area contributed by atoms with Crippen LogP contribution >= 0.6 is 15.9 Å². The minimum atomic E-state index is -0.682. The van der Waals surface area contributed by atoms with Gasteiger partial charge in [0, 0.05) is 11.0 Å². The predicted octanol–water partition coefficient (Wildman–Crippen LogP) is 3.47. The van der Waals surface area contributed by atoms with Crippen molar-refractivity contribution in [1.29, 1.82) is 5.26 Å². The third-order valence-corrected chi connectivity index (χ3v) is 3.57. The fourth-order valence-electron chi connectivity index (χ4n) is 2.01. The average molecular weight is 347 g/mol. The van der Waals surface area contributed by atoms with Crippen LogP contribution in [-0.4, -0.2) is 18.8 Å². The Morgan fingerprint density at radius 1 is 1.33 bits per heavy atom. The van der Waals surface area contributed by atoms with Gasteiger partial charge in [0.2, 0.25) is 0 Å². The van der Waals surface area contributed by atoms with E-state index in [4.69, 9.17) is 10.00 Å². The van der Waals surface area contributed by atoms with Crippen molar-refractivity contribution in [3.05, 3.63) is 58.1 Å². The maximum absolute atomic E-state index is 10.2. The van der Waals surface area contributed by atoms with Gasteiger partial charge in [-0.15, -0.1) is 0 Å². The molecule has 2 aromatic rings. The first-order valence-corrected chi connectivity index (χ1v) is 7.19. The summed E-state index contributed by atoms with van der Waals surface area (Å²) in [6, 6.07) is 14.8. The number of hydrogen-bond donors (Lipinski definition) is 2. The van der Waals surface area contributed by atoms with Crippen LogP contribution in [0.15, 0.2) is 46.9 Å². The van der Waals surface area contributed by atoms with E-state index in [1.807, 2.05) is 24.3 Å². The molecule has 21 heavy (non-hydrogen) atoms. The van der Waals surface area contributed by atoms with E-state index in [0.717, 1.165) is 10.0 Å². The molecular weight excluding hydrogens is 332 g/mol. The number of nitriles is 1. The Balaban J connectivity index is 2.15. The number of nitrogens with one attached hydrogen (secondary N) is 1. The summed E-state index contributed by atoms with van der Waals surface area (Å²) in [6.45, 7) is 0.283. The van der Waals surface area contributed by atoms with E-state index in [1.165, 1.54) is 0 Å². The highest BCUT2D eigenvalue weighted by Crippen LogP contribution is 2.28.